The molecule has 0 aromatic carbocycles. The lowest BCUT2D eigenvalue weighted by atomic mass is 9.99. The Hall–Kier alpha value is -3.15. The van der Waals surface area contributed by atoms with Crippen molar-refractivity contribution in [3.05, 3.63) is 109 Å². The molecule has 376 valence electrons. The summed E-state index contributed by atoms with van der Waals surface area (Å²) >= 11 is 0. The molecule has 1 saturated heterocycles. The van der Waals surface area contributed by atoms with E-state index in [-0.39, 0.29) is 12.5 Å². The summed E-state index contributed by atoms with van der Waals surface area (Å²) in [5.41, 5.74) is 0. The number of carbonyl (C=O) groups excluding carboxylic acids is 1. The maximum atomic E-state index is 13.0. The van der Waals surface area contributed by atoms with Crippen molar-refractivity contribution in [3.63, 3.8) is 0 Å². The Kier molecular flexibility index (Phi) is 42.1. The standard InChI is InChI=1S/C57H95NO8/c1-3-5-7-9-11-13-15-17-18-19-20-21-22-23-24-25-26-27-28-29-30-31-32-33-34-35-37-39-41-43-45-47-53(61)58-50(49-65-57-56(64)55(63)54(62)52(48-59)66-57)51(60)46-44-42-40-38-36-16-14-12-10-8-6-4-2/h5,7,11,13,17-18,20-21,23-24,26-27,29-30,36,38,44,46,50-52,54-57,59-60,62-64H,3-4,6,8-10,12,14-16,19,22,25,28,31-35,37,39-43,45,47-49H2,1-2H3,(H,58,61)/b7-5-,13-11-,18-17-,21-20-,24-23-,27-26-,30-29-,38-36+,46-44+. The van der Waals surface area contributed by atoms with E-state index in [9.17, 15) is 30.3 Å². The Labute approximate surface area is 402 Å². The highest BCUT2D eigenvalue weighted by Gasteiger charge is 2.44. The highest BCUT2D eigenvalue weighted by molar-refractivity contribution is 5.76. The molecule has 0 aromatic rings. The van der Waals surface area contributed by atoms with Crippen LogP contribution in [0.4, 0.5) is 0 Å². The average Bonchev–Trinajstić information content (AvgIpc) is 3.32. The monoisotopic (exact) mass is 922 g/mol. The second-order valence-corrected chi connectivity index (χ2v) is 17.6. The fourth-order valence-electron chi connectivity index (χ4n) is 7.44. The van der Waals surface area contributed by atoms with Crippen molar-refractivity contribution < 1.29 is 39.8 Å². The molecule has 0 aliphatic carbocycles. The fourth-order valence-corrected chi connectivity index (χ4v) is 7.44. The molecule has 0 spiro atoms. The van der Waals surface area contributed by atoms with Gasteiger partial charge in [-0.2, -0.15) is 0 Å². The summed E-state index contributed by atoms with van der Waals surface area (Å²) in [6.07, 6.45) is 60.0. The summed E-state index contributed by atoms with van der Waals surface area (Å²) < 4.78 is 11.2. The van der Waals surface area contributed by atoms with Gasteiger partial charge in [0.05, 0.1) is 25.4 Å². The third-order valence-electron chi connectivity index (χ3n) is 11.6. The summed E-state index contributed by atoms with van der Waals surface area (Å²) in [6.45, 7) is 3.60. The number of hydrogen-bond acceptors (Lipinski definition) is 8. The first-order valence-corrected chi connectivity index (χ1v) is 26.1. The van der Waals surface area contributed by atoms with Gasteiger partial charge in [-0.1, -0.05) is 200 Å². The molecular weight excluding hydrogens is 827 g/mol. The lowest BCUT2D eigenvalue weighted by Crippen LogP contribution is -2.60. The minimum atomic E-state index is -1.58. The molecule has 1 aliphatic heterocycles. The van der Waals surface area contributed by atoms with Crippen LogP contribution in [-0.4, -0.2) is 87.5 Å². The van der Waals surface area contributed by atoms with Crippen LogP contribution in [0, 0.1) is 0 Å². The van der Waals surface area contributed by atoms with Gasteiger partial charge in [0.15, 0.2) is 6.29 Å². The zero-order valence-corrected chi connectivity index (χ0v) is 41.4. The number of unbranched alkanes of at least 4 members (excludes halogenated alkanes) is 16. The maximum Gasteiger partial charge on any atom is 0.220 e. The third kappa shape index (κ3) is 35.1. The molecule has 9 heteroatoms. The SMILES string of the molecule is CC/C=C\C/C=C\C/C=C\C/C=C\C/C=C\C/C=C\C/C=C\CCCCCCCCCCCC(=O)NC(COC1OC(CO)C(O)C(O)C1O)C(O)/C=C/CC/C=C/CCCCCCCC. The molecule has 0 radical (unpaired) electrons. The number of aliphatic hydroxyl groups excluding tert-OH is 5. The first-order valence-electron chi connectivity index (χ1n) is 26.1. The van der Waals surface area contributed by atoms with Crippen LogP contribution >= 0.6 is 0 Å². The van der Waals surface area contributed by atoms with E-state index in [1.807, 2.05) is 6.08 Å². The minimum absolute atomic E-state index is 0.200. The molecule has 7 atom stereocenters. The van der Waals surface area contributed by atoms with Crippen LogP contribution < -0.4 is 5.32 Å². The molecule has 1 rings (SSSR count). The quantitative estimate of drug-likeness (QED) is 0.0262. The van der Waals surface area contributed by atoms with Gasteiger partial charge in [-0.25, -0.2) is 0 Å². The van der Waals surface area contributed by atoms with E-state index in [1.165, 1.54) is 70.6 Å². The van der Waals surface area contributed by atoms with Crippen LogP contribution in [-0.2, 0) is 14.3 Å². The smallest absolute Gasteiger partial charge is 0.220 e. The van der Waals surface area contributed by atoms with Crippen molar-refractivity contribution >= 4 is 5.91 Å². The van der Waals surface area contributed by atoms with E-state index in [4.69, 9.17) is 9.47 Å². The van der Waals surface area contributed by atoms with E-state index in [0.717, 1.165) is 96.3 Å². The van der Waals surface area contributed by atoms with Gasteiger partial charge in [0.25, 0.3) is 0 Å². The number of amides is 1. The van der Waals surface area contributed by atoms with Crippen molar-refractivity contribution in [2.24, 2.45) is 0 Å². The van der Waals surface area contributed by atoms with Crippen LogP contribution in [0.1, 0.15) is 187 Å². The molecular formula is C57H95NO8. The van der Waals surface area contributed by atoms with Crippen molar-refractivity contribution in [2.75, 3.05) is 13.2 Å². The highest BCUT2D eigenvalue weighted by atomic mass is 16.7. The lowest BCUT2D eigenvalue weighted by molar-refractivity contribution is -0.302. The van der Waals surface area contributed by atoms with Gasteiger partial charge in [0.2, 0.25) is 5.91 Å². The van der Waals surface area contributed by atoms with Gasteiger partial charge in [-0.05, 0) is 89.9 Å². The molecule has 7 unspecified atom stereocenters. The van der Waals surface area contributed by atoms with Gasteiger partial charge in [-0.15, -0.1) is 0 Å². The molecule has 6 N–H and O–H groups in total. The maximum absolute atomic E-state index is 13.0. The van der Waals surface area contributed by atoms with Gasteiger partial charge in [0.1, 0.15) is 24.4 Å². The van der Waals surface area contributed by atoms with E-state index in [2.05, 4.69) is 116 Å². The van der Waals surface area contributed by atoms with E-state index >= 15 is 0 Å². The summed E-state index contributed by atoms with van der Waals surface area (Å²) in [6, 6.07) is -0.831. The molecule has 0 bridgehead atoms. The molecule has 66 heavy (non-hydrogen) atoms. The van der Waals surface area contributed by atoms with Gasteiger partial charge >= 0.3 is 0 Å². The van der Waals surface area contributed by atoms with Crippen LogP contribution in [0.25, 0.3) is 0 Å². The average molecular weight is 922 g/mol. The van der Waals surface area contributed by atoms with Crippen molar-refractivity contribution in [2.45, 2.75) is 230 Å². The van der Waals surface area contributed by atoms with Crippen LogP contribution in [0.15, 0.2) is 109 Å². The van der Waals surface area contributed by atoms with Crippen molar-refractivity contribution in [3.8, 4) is 0 Å². The number of hydrogen-bond donors (Lipinski definition) is 6. The molecule has 1 amide bonds. The van der Waals surface area contributed by atoms with Crippen LogP contribution in [0.3, 0.4) is 0 Å². The Bertz CT molecular complexity index is 1390. The molecule has 1 heterocycles. The second kappa shape index (κ2) is 45.6. The molecule has 1 aliphatic rings. The van der Waals surface area contributed by atoms with Gasteiger partial charge in [-0.3, -0.25) is 4.79 Å². The first-order chi connectivity index (χ1) is 32.3. The fraction of sp³-hybridized carbons (Fsp3) is 0.667. The zero-order valence-electron chi connectivity index (χ0n) is 41.4. The number of allylic oxidation sites excluding steroid dienone is 17. The first kappa shape index (κ1) is 60.9. The third-order valence-corrected chi connectivity index (χ3v) is 11.6. The van der Waals surface area contributed by atoms with Crippen molar-refractivity contribution in [1.29, 1.82) is 0 Å². The topological polar surface area (TPSA) is 149 Å². The summed E-state index contributed by atoms with van der Waals surface area (Å²) in [7, 11) is 0. The predicted octanol–water partition coefficient (Wildman–Crippen LogP) is 12.2. The molecule has 0 saturated carbocycles. The second-order valence-electron chi connectivity index (χ2n) is 17.6. The predicted molar refractivity (Wildman–Crippen MR) is 276 cm³/mol. The van der Waals surface area contributed by atoms with E-state index < -0.39 is 49.5 Å². The Morgan fingerprint density at radius 3 is 1.45 bits per heavy atom. The summed E-state index contributed by atoms with van der Waals surface area (Å²) in [5.74, 6) is -0.200. The minimum Gasteiger partial charge on any atom is -0.394 e. The molecule has 1 fully saturated rings. The lowest BCUT2D eigenvalue weighted by Gasteiger charge is -2.40. The zero-order chi connectivity index (χ0) is 48.0. The van der Waals surface area contributed by atoms with Crippen LogP contribution in [0.5, 0.6) is 0 Å². The normalized spacial score (nSPS) is 20.7. The summed E-state index contributed by atoms with van der Waals surface area (Å²) in [4.78, 5) is 13.0. The Balaban J connectivity index is 2.23. The number of rotatable bonds is 42. The Morgan fingerprint density at radius 1 is 0.530 bits per heavy atom. The van der Waals surface area contributed by atoms with E-state index in [0.29, 0.717) is 6.42 Å². The number of aliphatic hydroxyl groups is 5. The largest absolute Gasteiger partial charge is 0.394 e. The van der Waals surface area contributed by atoms with Gasteiger partial charge in [0, 0.05) is 6.42 Å². The van der Waals surface area contributed by atoms with Crippen LogP contribution in [0.2, 0.25) is 0 Å². The number of nitrogens with one attached hydrogen (secondary N) is 1. The molecule has 0 aromatic heterocycles. The number of carbonyl (C=O) groups is 1. The summed E-state index contributed by atoms with van der Waals surface area (Å²) in [5, 5.41) is 54.2. The highest BCUT2D eigenvalue weighted by Crippen LogP contribution is 2.22. The Morgan fingerprint density at radius 2 is 0.955 bits per heavy atom. The molecule has 9 nitrogen and oxygen atoms in total. The number of ether oxygens (including phenoxy) is 2. The van der Waals surface area contributed by atoms with Crippen molar-refractivity contribution in [1.82, 2.24) is 5.32 Å². The van der Waals surface area contributed by atoms with E-state index in [1.54, 1.807) is 6.08 Å². The van der Waals surface area contributed by atoms with Gasteiger partial charge < -0.3 is 40.3 Å².